The topological polar surface area (TPSA) is 26.2 Å². The van der Waals surface area contributed by atoms with Gasteiger partial charge >= 0.3 is 0 Å². The lowest BCUT2D eigenvalue weighted by molar-refractivity contribution is -0.659. The molecule has 0 fully saturated rings. The summed E-state index contributed by atoms with van der Waals surface area (Å²) in [5, 5.41) is 7.00. The minimum absolute atomic E-state index is 0.902. The van der Waals surface area contributed by atoms with Gasteiger partial charge in [0.1, 0.15) is 35.1 Å². The first-order valence-electron chi connectivity index (χ1n) is 11.0. The van der Waals surface area contributed by atoms with Crippen LogP contribution in [0.5, 0.6) is 11.5 Å². The van der Waals surface area contributed by atoms with Crippen molar-refractivity contribution < 1.29 is 13.7 Å². The smallest absolute Gasteiger partial charge is 0.228 e. The minimum atomic E-state index is 0.902. The summed E-state index contributed by atoms with van der Waals surface area (Å²) < 4.78 is 15.4. The fourth-order valence-electron chi connectivity index (χ4n) is 5.70. The van der Waals surface area contributed by atoms with Gasteiger partial charge in [-0.05, 0) is 49.2 Å². The van der Waals surface area contributed by atoms with Crippen molar-refractivity contribution in [1.29, 1.82) is 0 Å². The van der Waals surface area contributed by atoms with Gasteiger partial charge in [-0.15, -0.1) is 0 Å². The van der Waals surface area contributed by atoms with Crippen molar-refractivity contribution in [2.75, 3.05) is 0 Å². The number of benzene rings is 4. The predicted octanol–water partition coefficient (Wildman–Crippen LogP) is 7.41. The van der Waals surface area contributed by atoms with E-state index in [0.717, 1.165) is 44.2 Å². The standard InChI is InChI=1S/C29H22NO2/c1-15-14-30(4)27-25-16(2)18-9-5-6-10-19(18)17(3)28(25)32-23-13-21-20-11-7-8-12-22(20)31-29(21)24(15)26(23)27/h5-14H,1-4H3/q+1. The molecule has 0 aliphatic carbocycles. The SMILES string of the molecule is Cc1c2c(c(C)c3ccccc13)-c1c3c(cc4c5ccccc5oc4c3c(C)c[n+]1C)O2. The van der Waals surface area contributed by atoms with Gasteiger partial charge in [0.25, 0.3) is 0 Å². The van der Waals surface area contributed by atoms with E-state index in [-0.39, 0.29) is 0 Å². The molecule has 1 aliphatic rings. The van der Waals surface area contributed by atoms with Gasteiger partial charge in [0.05, 0.1) is 5.56 Å². The number of hydrogen-bond donors (Lipinski definition) is 0. The van der Waals surface area contributed by atoms with Gasteiger partial charge in [0, 0.05) is 27.3 Å². The first-order valence-corrected chi connectivity index (χ1v) is 11.0. The van der Waals surface area contributed by atoms with Gasteiger partial charge < -0.3 is 9.15 Å². The number of furan rings is 1. The molecule has 154 valence electrons. The van der Waals surface area contributed by atoms with Crippen molar-refractivity contribution in [2.45, 2.75) is 20.8 Å². The number of aromatic nitrogens is 1. The first kappa shape index (κ1) is 17.8. The molecule has 0 unspecified atom stereocenters. The molecule has 0 saturated heterocycles. The average molecular weight is 417 g/mol. The van der Waals surface area contributed by atoms with E-state index in [1.807, 2.05) is 12.1 Å². The Balaban J connectivity index is 1.75. The van der Waals surface area contributed by atoms with E-state index in [9.17, 15) is 0 Å². The molecular formula is C29H22NO2+. The van der Waals surface area contributed by atoms with Crippen molar-refractivity contribution >= 4 is 43.5 Å². The molecule has 1 aliphatic heterocycles. The van der Waals surface area contributed by atoms with Crippen LogP contribution >= 0.6 is 0 Å². The van der Waals surface area contributed by atoms with E-state index in [0.29, 0.717) is 0 Å². The third-order valence-corrected chi connectivity index (χ3v) is 7.13. The molecule has 3 heteroatoms. The maximum atomic E-state index is 6.75. The van der Waals surface area contributed by atoms with Crippen LogP contribution in [-0.4, -0.2) is 0 Å². The monoisotopic (exact) mass is 416 g/mol. The Morgan fingerprint density at radius 3 is 2.22 bits per heavy atom. The third-order valence-electron chi connectivity index (χ3n) is 7.13. The molecule has 6 aromatic rings. The van der Waals surface area contributed by atoms with Crippen molar-refractivity contribution in [1.82, 2.24) is 0 Å². The maximum absolute atomic E-state index is 6.75. The molecule has 0 radical (unpaired) electrons. The summed E-state index contributed by atoms with van der Waals surface area (Å²) in [6.45, 7) is 6.53. The quantitative estimate of drug-likeness (QED) is 0.241. The zero-order valence-corrected chi connectivity index (χ0v) is 18.5. The molecule has 0 saturated carbocycles. The molecule has 0 spiro atoms. The fourth-order valence-corrected chi connectivity index (χ4v) is 5.70. The number of ether oxygens (including phenoxy) is 1. The van der Waals surface area contributed by atoms with Crippen molar-refractivity contribution in [3.63, 3.8) is 0 Å². The minimum Gasteiger partial charge on any atom is -0.455 e. The van der Waals surface area contributed by atoms with Crippen LogP contribution in [0.1, 0.15) is 16.7 Å². The Hall–Kier alpha value is -3.85. The van der Waals surface area contributed by atoms with Crippen LogP contribution in [0.4, 0.5) is 0 Å². The second-order valence-corrected chi connectivity index (χ2v) is 8.97. The van der Waals surface area contributed by atoms with Crippen LogP contribution in [0.25, 0.3) is 54.7 Å². The van der Waals surface area contributed by atoms with Gasteiger partial charge in [0.15, 0.2) is 6.20 Å². The number of aryl methyl sites for hydroxylation is 4. The molecule has 2 aromatic heterocycles. The fraction of sp³-hybridized carbons (Fsp3) is 0.138. The van der Waals surface area contributed by atoms with E-state index in [1.165, 1.54) is 38.7 Å². The van der Waals surface area contributed by atoms with E-state index in [2.05, 4.69) is 81.0 Å². The largest absolute Gasteiger partial charge is 0.455 e. The first-order chi connectivity index (χ1) is 15.5. The predicted molar refractivity (Wildman–Crippen MR) is 130 cm³/mol. The number of para-hydroxylation sites is 1. The normalized spacial score (nSPS) is 12.6. The van der Waals surface area contributed by atoms with Gasteiger partial charge in [-0.3, -0.25) is 0 Å². The highest BCUT2D eigenvalue weighted by molar-refractivity contribution is 6.21. The summed E-state index contributed by atoms with van der Waals surface area (Å²) in [4.78, 5) is 0. The summed E-state index contributed by atoms with van der Waals surface area (Å²) in [6, 6.07) is 19.0. The summed E-state index contributed by atoms with van der Waals surface area (Å²) in [5.41, 5.74) is 7.82. The summed E-state index contributed by atoms with van der Waals surface area (Å²) in [7, 11) is 2.13. The van der Waals surface area contributed by atoms with Crippen LogP contribution in [0.2, 0.25) is 0 Å². The number of pyridine rings is 1. The molecule has 7 rings (SSSR count). The summed E-state index contributed by atoms with van der Waals surface area (Å²) in [5.74, 6) is 1.86. The zero-order chi connectivity index (χ0) is 21.7. The Labute approximate surface area is 185 Å². The maximum Gasteiger partial charge on any atom is 0.228 e. The van der Waals surface area contributed by atoms with Gasteiger partial charge in [-0.2, -0.15) is 4.57 Å². The Morgan fingerprint density at radius 1 is 0.750 bits per heavy atom. The van der Waals surface area contributed by atoms with Gasteiger partial charge in [0.2, 0.25) is 5.69 Å². The molecule has 4 aromatic carbocycles. The molecular weight excluding hydrogens is 394 g/mol. The molecule has 0 bridgehead atoms. The lowest BCUT2D eigenvalue weighted by Crippen LogP contribution is -2.32. The van der Waals surface area contributed by atoms with Crippen molar-refractivity contribution in [3.05, 3.63) is 77.5 Å². The molecule has 3 nitrogen and oxygen atoms in total. The van der Waals surface area contributed by atoms with Crippen LogP contribution < -0.4 is 9.30 Å². The Morgan fingerprint density at radius 2 is 1.44 bits per heavy atom. The summed E-state index contributed by atoms with van der Waals surface area (Å²) in [6.07, 6.45) is 2.22. The van der Waals surface area contributed by atoms with Gasteiger partial charge in [-0.25, -0.2) is 0 Å². The average Bonchev–Trinajstić information content (AvgIpc) is 3.17. The number of fused-ring (bicyclic) bond motifs is 7. The lowest BCUT2D eigenvalue weighted by Gasteiger charge is -2.24. The highest BCUT2D eigenvalue weighted by Gasteiger charge is 2.34. The highest BCUT2D eigenvalue weighted by Crippen LogP contribution is 2.52. The molecule has 3 heterocycles. The number of rotatable bonds is 0. The zero-order valence-electron chi connectivity index (χ0n) is 18.5. The molecule has 32 heavy (non-hydrogen) atoms. The molecule has 0 N–H and O–H groups in total. The second kappa shape index (κ2) is 5.89. The number of nitrogens with zero attached hydrogens (tertiary/aromatic N) is 1. The van der Waals surface area contributed by atoms with E-state index >= 15 is 0 Å². The van der Waals surface area contributed by atoms with E-state index in [1.54, 1.807) is 0 Å². The lowest BCUT2D eigenvalue weighted by atomic mass is 9.88. The number of hydrogen-bond acceptors (Lipinski definition) is 2. The highest BCUT2D eigenvalue weighted by atomic mass is 16.5. The van der Waals surface area contributed by atoms with Gasteiger partial charge in [-0.1, -0.05) is 42.5 Å². The van der Waals surface area contributed by atoms with Crippen LogP contribution in [0, 0.1) is 20.8 Å². The Bertz CT molecular complexity index is 1790. The van der Waals surface area contributed by atoms with E-state index < -0.39 is 0 Å². The summed E-state index contributed by atoms with van der Waals surface area (Å²) >= 11 is 0. The van der Waals surface area contributed by atoms with Crippen molar-refractivity contribution in [3.8, 4) is 22.8 Å². The van der Waals surface area contributed by atoms with Crippen LogP contribution in [-0.2, 0) is 7.05 Å². The molecule has 0 amide bonds. The van der Waals surface area contributed by atoms with Crippen LogP contribution in [0.15, 0.2) is 65.2 Å². The Kier molecular flexibility index (Phi) is 3.27. The third kappa shape index (κ3) is 2.04. The van der Waals surface area contributed by atoms with Crippen molar-refractivity contribution in [2.24, 2.45) is 7.05 Å². The second-order valence-electron chi connectivity index (χ2n) is 8.97. The van der Waals surface area contributed by atoms with E-state index in [4.69, 9.17) is 9.15 Å². The van der Waals surface area contributed by atoms with Crippen LogP contribution in [0.3, 0.4) is 0 Å². The molecule has 0 atom stereocenters.